The smallest absolute Gasteiger partial charge is 0.236 e. The minimum Gasteiger partial charge on any atom is -0.355 e. The number of carbonyl (C=O) groups excluding carboxylic acids is 1. The second kappa shape index (κ2) is 6.13. The van der Waals surface area contributed by atoms with Gasteiger partial charge in [0.25, 0.3) is 0 Å². The lowest BCUT2D eigenvalue weighted by atomic mass is 10.2. The minimum atomic E-state index is -0.392. The highest BCUT2D eigenvalue weighted by Crippen LogP contribution is 1.88. The largest absolute Gasteiger partial charge is 0.355 e. The number of nitrogens with one attached hydrogen (secondary N) is 1. The molecular formula is C9H17N5O. The molecule has 84 valence electrons. The lowest BCUT2D eigenvalue weighted by molar-refractivity contribution is -0.122. The van der Waals surface area contributed by atoms with Crippen molar-refractivity contribution in [3.05, 3.63) is 12.4 Å². The maximum atomic E-state index is 11.3. The molecule has 0 aliphatic heterocycles. The number of nitrogens with zero attached hydrogens (tertiary/aromatic N) is 3. The van der Waals surface area contributed by atoms with Gasteiger partial charge >= 0.3 is 0 Å². The first-order valence-electron chi connectivity index (χ1n) is 5.11. The van der Waals surface area contributed by atoms with Crippen LogP contribution < -0.4 is 11.1 Å². The molecule has 15 heavy (non-hydrogen) atoms. The Morgan fingerprint density at radius 1 is 1.67 bits per heavy atom. The minimum absolute atomic E-state index is 0.0870. The van der Waals surface area contributed by atoms with Gasteiger partial charge in [0.15, 0.2) is 0 Å². The summed E-state index contributed by atoms with van der Waals surface area (Å²) in [7, 11) is 0. The van der Waals surface area contributed by atoms with Gasteiger partial charge in [-0.05, 0) is 12.8 Å². The number of carbonyl (C=O) groups is 1. The molecular weight excluding hydrogens is 194 g/mol. The summed E-state index contributed by atoms with van der Waals surface area (Å²) in [5.74, 6) is -0.0870. The van der Waals surface area contributed by atoms with Crippen LogP contribution in [0.1, 0.15) is 19.8 Å². The fraction of sp³-hybridized carbons (Fsp3) is 0.667. The molecule has 1 rings (SSSR count). The van der Waals surface area contributed by atoms with Crippen molar-refractivity contribution in [2.24, 2.45) is 5.73 Å². The van der Waals surface area contributed by atoms with E-state index in [1.807, 2.05) is 6.92 Å². The van der Waals surface area contributed by atoms with E-state index >= 15 is 0 Å². The molecule has 0 aliphatic rings. The molecule has 0 aromatic carbocycles. The fourth-order valence-electron chi connectivity index (χ4n) is 1.12. The molecule has 0 radical (unpaired) electrons. The van der Waals surface area contributed by atoms with Gasteiger partial charge in [0.05, 0.1) is 12.2 Å². The Morgan fingerprint density at radius 2 is 2.47 bits per heavy atom. The summed E-state index contributed by atoms with van der Waals surface area (Å²) in [6.07, 6.45) is 4.91. The van der Waals surface area contributed by atoms with Crippen LogP contribution in [0.3, 0.4) is 0 Å². The predicted octanol–water partition coefficient (Wildman–Crippen LogP) is -0.478. The van der Waals surface area contributed by atoms with Crippen molar-refractivity contribution in [2.45, 2.75) is 32.4 Å². The van der Waals surface area contributed by atoms with Gasteiger partial charge in [-0.1, -0.05) is 12.1 Å². The number of nitrogens with two attached hydrogens (primary N) is 1. The van der Waals surface area contributed by atoms with Crippen LogP contribution in [0.4, 0.5) is 0 Å². The summed E-state index contributed by atoms with van der Waals surface area (Å²) < 4.78 is 1.73. The number of aryl methyl sites for hydroxylation is 1. The molecule has 1 aromatic rings. The van der Waals surface area contributed by atoms with E-state index in [4.69, 9.17) is 5.73 Å². The highest BCUT2D eigenvalue weighted by Gasteiger charge is 2.08. The van der Waals surface area contributed by atoms with Gasteiger partial charge in [0, 0.05) is 19.3 Å². The lowest BCUT2D eigenvalue weighted by Crippen LogP contribution is -2.40. The molecule has 0 fully saturated rings. The molecule has 1 aromatic heterocycles. The third-order valence-electron chi connectivity index (χ3n) is 2.11. The summed E-state index contributed by atoms with van der Waals surface area (Å²) in [4.78, 5) is 11.3. The summed E-state index contributed by atoms with van der Waals surface area (Å²) in [5, 5.41) is 10.3. The Balaban J connectivity index is 2.09. The summed E-state index contributed by atoms with van der Waals surface area (Å²) in [5.41, 5.74) is 5.55. The van der Waals surface area contributed by atoms with Crippen molar-refractivity contribution in [3.8, 4) is 0 Å². The monoisotopic (exact) mass is 211 g/mol. The highest BCUT2D eigenvalue weighted by atomic mass is 16.2. The zero-order chi connectivity index (χ0) is 11.1. The summed E-state index contributed by atoms with van der Waals surface area (Å²) in [6.45, 7) is 3.26. The standard InChI is InChI=1S/C9H17N5O/c1-2-8(10)9(15)11-4-3-6-14-7-5-12-13-14/h5,7-8H,2-4,6,10H2,1H3,(H,11,15)/t8-/m1/s1. The van der Waals surface area contributed by atoms with Gasteiger partial charge in [-0.2, -0.15) is 0 Å². The zero-order valence-electron chi connectivity index (χ0n) is 8.89. The predicted molar refractivity (Wildman–Crippen MR) is 55.9 cm³/mol. The fourth-order valence-corrected chi connectivity index (χ4v) is 1.12. The summed E-state index contributed by atoms with van der Waals surface area (Å²) >= 11 is 0. The molecule has 1 atom stereocenters. The van der Waals surface area contributed by atoms with Crippen molar-refractivity contribution in [2.75, 3.05) is 6.54 Å². The van der Waals surface area contributed by atoms with Crippen molar-refractivity contribution in [1.82, 2.24) is 20.3 Å². The second-order valence-electron chi connectivity index (χ2n) is 3.33. The van der Waals surface area contributed by atoms with Gasteiger partial charge in [-0.3, -0.25) is 9.48 Å². The van der Waals surface area contributed by atoms with E-state index in [1.165, 1.54) is 0 Å². The van der Waals surface area contributed by atoms with Crippen LogP contribution in [0.25, 0.3) is 0 Å². The Hall–Kier alpha value is -1.43. The molecule has 3 N–H and O–H groups in total. The van der Waals surface area contributed by atoms with E-state index in [0.717, 1.165) is 13.0 Å². The SMILES string of the molecule is CC[C@@H](N)C(=O)NCCCn1ccnn1. The molecule has 0 saturated carbocycles. The normalized spacial score (nSPS) is 12.4. The third kappa shape index (κ3) is 4.07. The van der Waals surface area contributed by atoms with E-state index in [0.29, 0.717) is 13.0 Å². The van der Waals surface area contributed by atoms with Crippen LogP contribution in [0.15, 0.2) is 12.4 Å². The molecule has 1 amide bonds. The van der Waals surface area contributed by atoms with Gasteiger partial charge in [0.1, 0.15) is 0 Å². The maximum absolute atomic E-state index is 11.3. The van der Waals surface area contributed by atoms with Crippen molar-refractivity contribution in [1.29, 1.82) is 0 Å². The van der Waals surface area contributed by atoms with Crippen molar-refractivity contribution < 1.29 is 4.79 Å². The molecule has 1 heterocycles. The second-order valence-corrected chi connectivity index (χ2v) is 3.33. The maximum Gasteiger partial charge on any atom is 0.236 e. The van der Waals surface area contributed by atoms with Gasteiger partial charge < -0.3 is 11.1 Å². The van der Waals surface area contributed by atoms with Crippen LogP contribution in [0.2, 0.25) is 0 Å². The molecule has 6 heteroatoms. The molecule has 0 saturated heterocycles. The number of hydrogen-bond donors (Lipinski definition) is 2. The summed E-state index contributed by atoms with van der Waals surface area (Å²) in [6, 6.07) is -0.392. The van der Waals surface area contributed by atoms with Crippen LogP contribution >= 0.6 is 0 Å². The van der Waals surface area contributed by atoms with Crippen LogP contribution in [0, 0.1) is 0 Å². The van der Waals surface area contributed by atoms with E-state index in [1.54, 1.807) is 17.1 Å². The number of rotatable bonds is 6. The lowest BCUT2D eigenvalue weighted by Gasteiger charge is -2.09. The Bertz CT molecular complexity index is 285. The van der Waals surface area contributed by atoms with E-state index < -0.39 is 6.04 Å². The van der Waals surface area contributed by atoms with Gasteiger partial charge in [0.2, 0.25) is 5.91 Å². The molecule has 0 aliphatic carbocycles. The van der Waals surface area contributed by atoms with Crippen molar-refractivity contribution in [3.63, 3.8) is 0 Å². The zero-order valence-corrected chi connectivity index (χ0v) is 8.89. The first-order valence-corrected chi connectivity index (χ1v) is 5.11. The average molecular weight is 211 g/mol. The van der Waals surface area contributed by atoms with E-state index in [9.17, 15) is 4.79 Å². The van der Waals surface area contributed by atoms with Gasteiger partial charge in [-0.25, -0.2) is 0 Å². The van der Waals surface area contributed by atoms with Crippen molar-refractivity contribution >= 4 is 5.91 Å². The van der Waals surface area contributed by atoms with Crippen LogP contribution in [-0.2, 0) is 11.3 Å². The van der Waals surface area contributed by atoms with E-state index in [-0.39, 0.29) is 5.91 Å². The Morgan fingerprint density at radius 3 is 3.07 bits per heavy atom. The Kier molecular flexibility index (Phi) is 4.76. The molecule has 0 unspecified atom stereocenters. The highest BCUT2D eigenvalue weighted by molar-refractivity contribution is 5.81. The van der Waals surface area contributed by atoms with Crippen LogP contribution in [0.5, 0.6) is 0 Å². The molecule has 6 nitrogen and oxygen atoms in total. The number of hydrogen-bond acceptors (Lipinski definition) is 4. The van der Waals surface area contributed by atoms with E-state index in [2.05, 4.69) is 15.6 Å². The third-order valence-corrected chi connectivity index (χ3v) is 2.11. The quantitative estimate of drug-likeness (QED) is 0.622. The molecule has 0 spiro atoms. The van der Waals surface area contributed by atoms with Crippen LogP contribution in [-0.4, -0.2) is 33.5 Å². The van der Waals surface area contributed by atoms with Gasteiger partial charge in [-0.15, -0.1) is 5.10 Å². The first kappa shape index (κ1) is 11.6. The average Bonchev–Trinajstić information content (AvgIpc) is 2.75. The topological polar surface area (TPSA) is 85.8 Å². The first-order chi connectivity index (χ1) is 7.24. The number of amides is 1. The Labute approximate surface area is 88.8 Å². The molecule has 0 bridgehead atoms. The number of aromatic nitrogens is 3.